The van der Waals surface area contributed by atoms with Crippen LogP contribution < -0.4 is 14.8 Å². The molecule has 0 heterocycles. The summed E-state index contributed by atoms with van der Waals surface area (Å²) in [4.78, 5) is 0. The van der Waals surface area contributed by atoms with E-state index in [-0.39, 0.29) is 0 Å². The molecule has 1 rings (SSSR count). The highest BCUT2D eigenvalue weighted by Crippen LogP contribution is 2.23. The molecule has 1 aromatic carbocycles. The second kappa shape index (κ2) is 7.07. The zero-order valence-electron chi connectivity index (χ0n) is 11.9. The minimum atomic E-state index is 0.494. The molecule has 18 heavy (non-hydrogen) atoms. The smallest absolute Gasteiger partial charge is 0.123 e. The molecular formula is C15H23NO2. The van der Waals surface area contributed by atoms with Crippen molar-refractivity contribution in [1.82, 2.24) is 5.32 Å². The van der Waals surface area contributed by atoms with Gasteiger partial charge in [0, 0.05) is 18.7 Å². The molecule has 0 radical (unpaired) electrons. The lowest BCUT2D eigenvalue weighted by atomic mass is 10.1. The molecule has 0 bridgehead atoms. The third-order valence-electron chi connectivity index (χ3n) is 2.58. The summed E-state index contributed by atoms with van der Waals surface area (Å²) < 4.78 is 10.5. The van der Waals surface area contributed by atoms with Crippen molar-refractivity contribution in [3.63, 3.8) is 0 Å². The van der Waals surface area contributed by atoms with Crippen molar-refractivity contribution in [3.8, 4) is 11.5 Å². The van der Waals surface area contributed by atoms with E-state index in [1.807, 2.05) is 18.2 Å². The predicted octanol–water partition coefficient (Wildman–Crippen LogP) is 3.11. The third kappa shape index (κ3) is 4.80. The Kier molecular flexibility index (Phi) is 5.72. The Balaban J connectivity index is 2.84. The highest BCUT2D eigenvalue weighted by atomic mass is 16.5. The van der Waals surface area contributed by atoms with Gasteiger partial charge in [-0.1, -0.05) is 25.5 Å². The first-order valence-electron chi connectivity index (χ1n) is 6.18. The van der Waals surface area contributed by atoms with Gasteiger partial charge in [0.05, 0.1) is 14.2 Å². The van der Waals surface area contributed by atoms with Crippen molar-refractivity contribution in [2.75, 3.05) is 20.8 Å². The number of methoxy groups -OCH3 is 2. The topological polar surface area (TPSA) is 30.5 Å². The van der Waals surface area contributed by atoms with Gasteiger partial charge in [-0.15, -0.1) is 0 Å². The molecule has 0 spiro atoms. The highest BCUT2D eigenvalue weighted by molar-refractivity contribution is 5.57. The molecule has 0 atom stereocenters. The minimum absolute atomic E-state index is 0.494. The van der Waals surface area contributed by atoms with Crippen molar-refractivity contribution in [2.45, 2.75) is 26.8 Å². The fourth-order valence-electron chi connectivity index (χ4n) is 1.61. The molecule has 3 heteroatoms. The van der Waals surface area contributed by atoms with Crippen LogP contribution in [0.2, 0.25) is 0 Å². The number of nitrogens with one attached hydrogen (secondary N) is 1. The Morgan fingerprint density at radius 2 is 1.72 bits per heavy atom. The number of hydrogen-bond acceptors (Lipinski definition) is 3. The van der Waals surface area contributed by atoms with Crippen molar-refractivity contribution in [2.24, 2.45) is 0 Å². The number of hydrogen-bond donors (Lipinski definition) is 1. The zero-order valence-corrected chi connectivity index (χ0v) is 11.9. The maximum atomic E-state index is 5.25. The summed E-state index contributed by atoms with van der Waals surface area (Å²) in [6.45, 7) is 7.28. The van der Waals surface area contributed by atoms with Crippen LogP contribution in [0.25, 0.3) is 6.08 Å². The molecule has 0 saturated carbocycles. The fourth-order valence-corrected chi connectivity index (χ4v) is 1.61. The summed E-state index contributed by atoms with van der Waals surface area (Å²) in [7, 11) is 3.32. The summed E-state index contributed by atoms with van der Waals surface area (Å²) in [5, 5.41) is 3.39. The van der Waals surface area contributed by atoms with Gasteiger partial charge in [0.1, 0.15) is 11.5 Å². The van der Waals surface area contributed by atoms with Crippen LogP contribution in [-0.2, 0) is 0 Å². The van der Waals surface area contributed by atoms with Gasteiger partial charge in [0.2, 0.25) is 0 Å². The fraction of sp³-hybridized carbons (Fsp3) is 0.467. The van der Waals surface area contributed by atoms with E-state index in [2.05, 4.69) is 32.2 Å². The van der Waals surface area contributed by atoms with E-state index in [1.54, 1.807) is 14.2 Å². The molecule has 1 N–H and O–H groups in total. The van der Waals surface area contributed by atoms with Crippen LogP contribution in [0.1, 0.15) is 26.3 Å². The molecule has 3 nitrogen and oxygen atoms in total. The summed E-state index contributed by atoms with van der Waals surface area (Å²) >= 11 is 0. The number of ether oxygens (including phenoxy) is 2. The van der Waals surface area contributed by atoms with Crippen LogP contribution in [0.5, 0.6) is 11.5 Å². The molecule has 0 amide bonds. The van der Waals surface area contributed by atoms with E-state index in [0.717, 1.165) is 23.6 Å². The van der Waals surface area contributed by atoms with Crippen LogP contribution in [0.4, 0.5) is 0 Å². The SMILES string of the molecule is COc1cc(C=C(C)CNC(C)C)cc(OC)c1. The first-order valence-corrected chi connectivity index (χ1v) is 6.18. The van der Waals surface area contributed by atoms with Crippen LogP contribution in [0, 0.1) is 0 Å². The Hall–Kier alpha value is -1.48. The van der Waals surface area contributed by atoms with Gasteiger partial charge in [0.15, 0.2) is 0 Å². The molecule has 100 valence electrons. The maximum Gasteiger partial charge on any atom is 0.123 e. The second-order valence-corrected chi connectivity index (χ2v) is 4.67. The zero-order chi connectivity index (χ0) is 13.5. The highest BCUT2D eigenvalue weighted by Gasteiger charge is 2.01. The van der Waals surface area contributed by atoms with E-state index < -0.39 is 0 Å². The lowest BCUT2D eigenvalue weighted by Gasteiger charge is -2.09. The van der Waals surface area contributed by atoms with Gasteiger partial charge in [-0.05, 0) is 24.6 Å². The van der Waals surface area contributed by atoms with Crippen molar-refractivity contribution < 1.29 is 9.47 Å². The van der Waals surface area contributed by atoms with Gasteiger partial charge in [-0.25, -0.2) is 0 Å². The van der Waals surface area contributed by atoms with Crippen LogP contribution in [0.15, 0.2) is 23.8 Å². The molecule has 0 aliphatic heterocycles. The van der Waals surface area contributed by atoms with Crippen molar-refractivity contribution in [1.29, 1.82) is 0 Å². The Morgan fingerprint density at radius 3 is 2.17 bits per heavy atom. The summed E-state index contributed by atoms with van der Waals surface area (Å²) in [5.74, 6) is 1.62. The van der Waals surface area contributed by atoms with E-state index >= 15 is 0 Å². The van der Waals surface area contributed by atoms with Gasteiger partial charge < -0.3 is 14.8 Å². The molecule has 0 aliphatic rings. The number of benzene rings is 1. The quantitative estimate of drug-likeness (QED) is 0.840. The van der Waals surface area contributed by atoms with Crippen molar-refractivity contribution >= 4 is 6.08 Å². The predicted molar refractivity (Wildman–Crippen MR) is 76.3 cm³/mol. The molecule has 0 saturated heterocycles. The molecule has 0 aliphatic carbocycles. The largest absolute Gasteiger partial charge is 0.497 e. The van der Waals surface area contributed by atoms with Gasteiger partial charge >= 0.3 is 0 Å². The maximum absolute atomic E-state index is 5.25. The Morgan fingerprint density at radius 1 is 1.17 bits per heavy atom. The van der Waals surface area contributed by atoms with Gasteiger partial charge in [0.25, 0.3) is 0 Å². The third-order valence-corrected chi connectivity index (χ3v) is 2.58. The molecule has 0 unspecified atom stereocenters. The normalized spacial score (nSPS) is 11.8. The van der Waals surface area contributed by atoms with Crippen LogP contribution >= 0.6 is 0 Å². The summed E-state index contributed by atoms with van der Waals surface area (Å²) in [6, 6.07) is 6.37. The molecule has 0 fully saturated rings. The van der Waals surface area contributed by atoms with Gasteiger partial charge in [-0.2, -0.15) is 0 Å². The van der Waals surface area contributed by atoms with Crippen molar-refractivity contribution in [3.05, 3.63) is 29.3 Å². The van der Waals surface area contributed by atoms with E-state index in [9.17, 15) is 0 Å². The monoisotopic (exact) mass is 249 g/mol. The molecule has 1 aromatic rings. The van der Waals surface area contributed by atoms with E-state index in [0.29, 0.717) is 6.04 Å². The van der Waals surface area contributed by atoms with Crippen LogP contribution in [0.3, 0.4) is 0 Å². The standard InChI is InChI=1S/C15H23NO2/c1-11(2)16-10-12(3)6-13-7-14(17-4)9-15(8-13)18-5/h6-9,11,16H,10H2,1-5H3. The Bertz CT molecular complexity index is 389. The average molecular weight is 249 g/mol. The van der Waals surface area contributed by atoms with E-state index in [1.165, 1.54) is 5.57 Å². The number of rotatable bonds is 6. The minimum Gasteiger partial charge on any atom is -0.497 e. The molecular weight excluding hydrogens is 226 g/mol. The molecule has 0 aromatic heterocycles. The average Bonchev–Trinajstić information content (AvgIpc) is 2.35. The Labute approximate surface area is 110 Å². The van der Waals surface area contributed by atoms with Crippen LogP contribution in [-0.4, -0.2) is 26.8 Å². The first-order chi connectivity index (χ1) is 8.55. The first kappa shape index (κ1) is 14.6. The second-order valence-electron chi connectivity index (χ2n) is 4.67. The lowest BCUT2D eigenvalue weighted by Crippen LogP contribution is -2.24. The van der Waals surface area contributed by atoms with Gasteiger partial charge in [-0.3, -0.25) is 0 Å². The summed E-state index contributed by atoms with van der Waals surface area (Å²) in [6.07, 6.45) is 2.14. The summed E-state index contributed by atoms with van der Waals surface area (Å²) in [5.41, 5.74) is 2.37. The van der Waals surface area contributed by atoms with E-state index in [4.69, 9.17) is 9.47 Å². The lowest BCUT2D eigenvalue weighted by molar-refractivity contribution is 0.394.